The first-order valence-electron chi connectivity index (χ1n) is 4.85. The Morgan fingerprint density at radius 3 is 2.82 bits per heavy atom. The Hall–Kier alpha value is -1.43. The molecule has 0 unspecified atom stereocenters. The summed E-state index contributed by atoms with van der Waals surface area (Å²) in [6.07, 6.45) is 2.55. The molecule has 1 heterocycles. The van der Waals surface area contributed by atoms with Gasteiger partial charge in [-0.25, -0.2) is 4.98 Å². The van der Waals surface area contributed by atoms with E-state index in [9.17, 15) is 8.78 Å². The average Bonchev–Trinajstić information content (AvgIpc) is 2.76. The number of benzene rings is 1. The highest BCUT2D eigenvalue weighted by Crippen LogP contribution is 2.24. The Morgan fingerprint density at radius 2 is 2.12 bits per heavy atom. The summed E-state index contributed by atoms with van der Waals surface area (Å²) in [6.45, 7) is -2.60. The summed E-state index contributed by atoms with van der Waals surface area (Å²) in [5.74, 6) is 0.784. The Kier molecular flexibility index (Phi) is 3.73. The lowest BCUT2D eigenvalue weighted by Gasteiger charge is -2.09. The molecule has 0 fully saturated rings. The lowest BCUT2D eigenvalue weighted by atomic mass is 10.3. The molecule has 0 aliphatic heterocycles. The normalized spacial score (nSPS) is 10.8. The molecule has 6 heteroatoms. The van der Waals surface area contributed by atoms with Gasteiger partial charge in [0, 0.05) is 12.4 Å². The highest BCUT2D eigenvalue weighted by molar-refractivity contribution is 9.10. The zero-order valence-electron chi connectivity index (χ0n) is 8.69. The topological polar surface area (TPSA) is 27.1 Å². The summed E-state index contributed by atoms with van der Waals surface area (Å²) in [5, 5.41) is 0. The maximum absolute atomic E-state index is 12.5. The molecule has 0 aliphatic rings. The van der Waals surface area contributed by atoms with Crippen molar-refractivity contribution in [3.63, 3.8) is 0 Å². The van der Waals surface area contributed by atoms with E-state index in [0.717, 1.165) is 9.04 Å². The number of imidazole rings is 1. The fraction of sp³-hybridized carbons (Fsp3) is 0.182. The van der Waals surface area contributed by atoms with Crippen molar-refractivity contribution in [2.75, 3.05) is 0 Å². The molecule has 0 saturated heterocycles. The minimum atomic E-state index is -2.60. The van der Waals surface area contributed by atoms with Gasteiger partial charge in [0.25, 0.3) is 0 Å². The molecule has 90 valence electrons. The van der Waals surface area contributed by atoms with E-state index in [1.54, 1.807) is 12.1 Å². The van der Waals surface area contributed by atoms with Crippen LogP contribution in [0.5, 0.6) is 5.75 Å². The highest BCUT2D eigenvalue weighted by atomic mass is 79.9. The van der Waals surface area contributed by atoms with E-state index in [0.29, 0.717) is 5.75 Å². The van der Waals surface area contributed by atoms with Gasteiger partial charge in [0.05, 0.1) is 4.47 Å². The first kappa shape index (κ1) is 12.0. The van der Waals surface area contributed by atoms with Crippen molar-refractivity contribution in [2.45, 2.75) is 13.2 Å². The van der Waals surface area contributed by atoms with Gasteiger partial charge in [0.15, 0.2) is 5.82 Å². The van der Waals surface area contributed by atoms with Gasteiger partial charge in [-0.3, -0.25) is 4.57 Å². The van der Waals surface area contributed by atoms with Gasteiger partial charge in [0.1, 0.15) is 12.4 Å². The summed E-state index contributed by atoms with van der Waals surface area (Å²) in [4.78, 5) is 3.82. The van der Waals surface area contributed by atoms with E-state index in [2.05, 4.69) is 20.9 Å². The van der Waals surface area contributed by atoms with Crippen LogP contribution in [0.3, 0.4) is 0 Å². The monoisotopic (exact) mass is 302 g/mol. The molecule has 1 aromatic carbocycles. The van der Waals surface area contributed by atoms with Crippen LogP contribution in [0.15, 0.2) is 41.1 Å². The molecular weight excluding hydrogens is 294 g/mol. The van der Waals surface area contributed by atoms with E-state index in [1.165, 1.54) is 12.4 Å². The van der Waals surface area contributed by atoms with Crippen molar-refractivity contribution in [1.29, 1.82) is 0 Å². The lowest BCUT2D eigenvalue weighted by Crippen LogP contribution is -2.07. The third kappa shape index (κ3) is 2.82. The molecule has 17 heavy (non-hydrogen) atoms. The molecule has 0 atom stereocenters. The number of halogens is 3. The molecule has 0 spiro atoms. The van der Waals surface area contributed by atoms with Crippen LogP contribution in [0, 0.1) is 0 Å². The fourth-order valence-electron chi connectivity index (χ4n) is 1.34. The van der Waals surface area contributed by atoms with Crippen LogP contribution in [-0.4, -0.2) is 9.55 Å². The molecule has 0 amide bonds. The molecule has 1 aromatic heterocycles. The number of nitrogens with zero attached hydrogens (tertiary/aromatic N) is 2. The van der Waals surface area contributed by atoms with Gasteiger partial charge in [-0.2, -0.15) is 8.78 Å². The summed E-state index contributed by atoms with van der Waals surface area (Å²) >= 11 is 3.31. The van der Waals surface area contributed by atoms with Crippen molar-refractivity contribution in [1.82, 2.24) is 9.55 Å². The summed E-state index contributed by atoms with van der Waals surface area (Å²) in [7, 11) is 0. The molecule has 2 aromatic rings. The Morgan fingerprint density at radius 1 is 1.35 bits per heavy atom. The van der Waals surface area contributed by atoms with Crippen LogP contribution in [0.1, 0.15) is 12.4 Å². The Balaban J connectivity index is 2.08. The van der Waals surface area contributed by atoms with Gasteiger partial charge < -0.3 is 4.74 Å². The second-order valence-corrected chi connectivity index (χ2v) is 4.10. The minimum absolute atomic E-state index is 0.0000463. The maximum atomic E-state index is 12.5. The van der Waals surface area contributed by atoms with Crippen LogP contribution in [0.25, 0.3) is 0 Å². The SMILES string of the molecule is FC(F)n1ccnc1COc1ccccc1Br. The van der Waals surface area contributed by atoms with E-state index in [1.807, 2.05) is 12.1 Å². The van der Waals surface area contributed by atoms with Gasteiger partial charge in [0.2, 0.25) is 0 Å². The molecule has 0 saturated carbocycles. The van der Waals surface area contributed by atoms with Crippen LogP contribution in [-0.2, 0) is 6.61 Å². The van der Waals surface area contributed by atoms with Crippen molar-refractivity contribution < 1.29 is 13.5 Å². The number of hydrogen-bond donors (Lipinski definition) is 0. The number of alkyl halides is 2. The number of para-hydroxylation sites is 1. The Labute approximate surface area is 105 Å². The van der Waals surface area contributed by atoms with Gasteiger partial charge in [-0.05, 0) is 28.1 Å². The van der Waals surface area contributed by atoms with Gasteiger partial charge in [-0.15, -0.1) is 0 Å². The predicted octanol–water partition coefficient (Wildman–Crippen LogP) is 3.62. The third-order valence-electron chi connectivity index (χ3n) is 2.15. The van der Waals surface area contributed by atoms with E-state index >= 15 is 0 Å². The van der Waals surface area contributed by atoms with Crippen molar-refractivity contribution in [3.8, 4) is 5.75 Å². The summed E-state index contributed by atoms with van der Waals surface area (Å²) < 4.78 is 32.0. The fourth-order valence-corrected chi connectivity index (χ4v) is 1.74. The van der Waals surface area contributed by atoms with E-state index in [4.69, 9.17) is 4.74 Å². The zero-order valence-corrected chi connectivity index (χ0v) is 10.3. The molecule has 3 nitrogen and oxygen atoms in total. The lowest BCUT2D eigenvalue weighted by molar-refractivity contribution is 0.0632. The Bertz CT molecular complexity index is 502. The second-order valence-electron chi connectivity index (χ2n) is 3.25. The molecule has 0 bridgehead atoms. The summed E-state index contributed by atoms with van der Waals surface area (Å²) in [6, 6.07) is 7.21. The molecule has 2 rings (SSSR count). The quantitative estimate of drug-likeness (QED) is 0.862. The number of hydrogen-bond acceptors (Lipinski definition) is 2. The number of ether oxygens (including phenoxy) is 1. The standard InChI is InChI=1S/C11H9BrF2N2O/c12-8-3-1-2-4-9(8)17-7-10-15-5-6-16(10)11(13)14/h1-6,11H,7H2. The molecule has 0 N–H and O–H groups in total. The first-order valence-corrected chi connectivity index (χ1v) is 5.65. The minimum Gasteiger partial charge on any atom is -0.484 e. The zero-order chi connectivity index (χ0) is 12.3. The number of rotatable bonds is 4. The van der Waals surface area contributed by atoms with Gasteiger partial charge in [-0.1, -0.05) is 12.1 Å². The number of aromatic nitrogens is 2. The summed E-state index contributed by atoms with van der Waals surface area (Å²) in [5.41, 5.74) is 0. The van der Waals surface area contributed by atoms with Crippen LogP contribution < -0.4 is 4.74 Å². The molecule has 0 aliphatic carbocycles. The van der Waals surface area contributed by atoms with Gasteiger partial charge >= 0.3 is 6.55 Å². The smallest absolute Gasteiger partial charge is 0.320 e. The first-order chi connectivity index (χ1) is 8.18. The van der Waals surface area contributed by atoms with E-state index < -0.39 is 6.55 Å². The average molecular weight is 303 g/mol. The van der Waals surface area contributed by atoms with Crippen LogP contribution in [0.2, 0.25) is 0 Å². The largest absolute Gasteiger partial charge is 0.484 e. The highest BCUT2D eigenvalue weighted by Gasteiger charge is 2.12. The molecular formula is C11H9BrF2N2O. The third-order valence-corrected chi connectivity index (χ3v) is 2.81. The molecule has 0 radical (unpaired) electrons. The second kappa shape index (κ2) is 5.27. The van der Waals surface area contributed by atoms with Crippen molar-refractivity contribution >= 4 is 15.9 Å². The van der Waals surface area contributed by atoms with Crippen LogP contribution in [0.4, 0.5) is 8.78 Å². The van der Waals surface area contributed by atoms with E-state index in [-0.39, 0.29) is 12.4 Å². The predicted molar refractivity (Wildman–Crippen MR) is 62.0 cm³/mol. The maximum Gasteiger partial charge on any atom is 0.320 e. The van der Waals surface area contributed by atoms with Crippen molar-refractivity contribution in [2.24, 2.45) is 0 Å². The van der Waals surface area contributed by atoms with Crippen molar-refractivity contribution in [3.05, 3.63) is 47.0 Å². The van der Waals surface area contributed by atoms with Crippen LogP contribution >= 0.6 is 15.9 Å².